The van der Waals surface area contributed by atoms with Gasteiger partial charge in [0, 0.05) is 19.1 Å². The summed E-state index contributed by atoms with van der Waals surface area (Å²) in [6.45, 7) is 5.47. The van der Waals surface area contributed by atoms with Crippen LogP contribution in [0.2, 0.25) is 0 Å². The fourth-order valence-electron chi connectivity index (χ4n) is 4.85. The first-order valence-corrected chi connectivity index (χ1v) is 13.4. The molecule has 8 heteroatoms. The highest BCUT2D eigenvalue weighted by Gasteiger charge is 2.35. The van der Waals surface area contributed by atoms with Gasteiger partial charge in [0.2, 0.25) is 10.0 Å². The monoisotopic (exact) mass is 510 g/mol. The molecule has 0 radical (unpaired) electrons. The first-order valence-electron chi connectivity index (χ1n) is 12.0. The molecular weight excluding hydrogens is 476 g/mol. The summed E-state index contributed by atoms with van der Waals surface area (Å²) in [5, 5.41) is 0. The van der Waals surface area contributed by atoms with Gasteiger partial charge in [0.15, 0.2) is 11.5 Å². The molecule has 0 saturated heterocycles. The summed E-state index contributed by atoms with van der Waals surface area (Å²) in [7, 11) is 1.03. The summed E-state index contributed by atoms with van der Waals surface area (Å²) in [6, 6.07) is 18.2. The van der Waals surface area contributed by atoms with Gasteiger partial charge >= 0.3 is 0 Å². The molecule has 3 aromatic rings. The highest BCUT2D eigenvalue weighted by Crippen LogP contribution is 2.40. The van der Waals surface area contributed by atoms with Crippen molar-refractivity contribution in [3.63, 3.8) is 0 Å². The molecule has 0 aliphatic carbocycles. The minimum Gasteiger partial charge on any atom is -0.497 e. The predicted octanol–water partition coefficient (Wildman–Crippen LogP) is 4.49. The van der Waals surface area contributed by atoms with E-state index < -0.39 is 16.1 Å². The number of nitrogens with one attached hydrogen (secondary N) is 1. The summed E-state index contributed by atoms with van der Waals surface area (Å²) in [5.41, 5.74) is 4.56. The van der Waals surface area contributed by atoms with E-state index in [1.54, 1.807) is 45.6 Å². The molecule has 1 heterocycles. The van der Waals surface area contributed by atoms with Crippen LogP contribution in [0.4, 0.5) is 0 Å². The average molecular weight is 511 g/mol. The number of aryl methyl sites for hydroxylation is 1. The van der Waals surface area contributed by atoms with Crippen molar-refractivity contribution in [3.8, 4) is 17.2 Å². The van der Waals surface area contributed by atoms with Crippen LogP contribution in [0.25, 0.3) is 0 Å². The van der Waals surface area contributed by atoms with Crippen LogP contribution in [0.3, 0.4) is 0 Å². The lowest BCUT2D eigenvalue weighted by Gasteiger charge is -2.41. The lowest BCUT2D eigenvalue weighted by atomic mass is 9.88. The van der Waals surface area contributed by atoms with E-state index in [0.717, 1.165) is 24.1 Å². The first-order chi connectivity index (χ1) is 17.2. The molecule has 1 aliphatic rings. The molecule has 2 atom stereocenters. The number of hydrogen-bond donors (Lipinski definition) is 1. The van der Waals surface area contributed by atoms with Gasteiger partial charge in [-0.3, -0.25) is 4.90 Å². The molecule has 1 N–H and O–H groups in total. The molecule has 0 amide bonds. The minimum atomic E-state index is -3.75. The molecule has 0 saturated carbocycles. The lowest BCUT2D eigenvalue weighted by Crippen LogP contribution is -2.47. The minimum absolute atomic E-state index is 0.198. The number of benzene rings is 3. The smallest absolute Gasteiger partial charge is 0.240 e. The van der Waals surface area contributed by atoms with E-state index in [4.69, 9.17) is 14.2 Å². The molecule has 3 aromatic carbocycles. The number of hydrogen-bond acceptors (Lipinski definition) is 6. The van der Waals surface area contributed by atoms with Gasteiger partial charge < -0.3 is 14.2 Å². The van der Waals surface area contributed by atoms with Crippen LogP contribution < -0.4 is 18.9 Å². The second-order valence-corrected chi connectivity index (χ2v) is 10.9. The summed E-state index contributed by atoms with van der Waals surface area (Å²) >= 11 is 0. The maximum Gasteiger partial charge on any atom is 0.240 e. The summed E-state index contributed by atoms with van der Waals surface area (Å²) in [5.74, 6) is 1.91. The van der Waals surface area contributed by atoms with E-state index in [2.05, 4.69) is 40.8 Å². The summed E-state index contributed by atoms with van der Waals surface area (Å²) < 4.78 is 45.8. The first kappa shape index (κ1) is 26.0. The quantitative estimate of drug-likeness (QED) is 0.457. The molecule has 36 heavy (non-hydrogen) atoms. The third-order valence-corrected chi connectivity index (χ3v) is 8.29. The van der Waals surface area contributed by atoms with Gasteiger partial charge in [-0.25, -0.2) is 13.1 Å². The molecule has 7 nitrogen and oxygen atoms in total. The highest BCUT2D eigenvalue weighted by molar-refractivity contribution is 7.89. The van der Waals surface area contributed by atoms with Crippen LogP contribution in [0.5, 0.6) is 17.2 Å². The Labute approximate surface area is 214 Å². The van der Waals surface area contributed by atoms with E-state index in [0.29, 0.717) is 23.8 Å². The van der Waals surface area contributed by atoms with Crippen molar-refractivity contribution >= 4 is 10.0 Å². The Morgan fingerprint density at radius 1 is 0.944 bits per heavy atom. The third kappa shape index (κ3) is 5.51. The van der Waals surface area contributed by atoms with Crippen molar-refractivity contribution < 1.29 is 22.6 Å². The molecular formula is C28H34N2O5S. The van der Waals surface area contributed by atoms with Crippen LogP contribution in [-0.4, -0.2) is 47.2 Å². The van der Waals surface area contributed by atoms with Crippen molar-refractivity contribution in [3.05, 3.63) is 82.9 Å². The molecule has 0 bridgehead atoms. The van der Waals surface area contributed by atoms with Crippen LogP contribution in [-0.2, 0) is 23.0 Å². The zero-order chi connectivity index (χ0) is 25.9. The second kappa shape index (κ2) is 10.9. The van der Waals surface area contributed by atoms with E-state index in [9.17, 15) is 8.42 Å². The molecule has 2 unspecified atom stereocenters. The largest absolute Gasteiger partial charge is 0.497 e. The van der Waals surface area contributed by atoms with E-state index >= 15 is 0 Å². The van der Waals surface area contributed by atoms with Gasteiger partial charge in [-0.1, -0.05) is 29.8 Å². The summed E-state index contributed by atoms with van der Waals surface area (Å²) in [6.07, 6.45) is 0.829. The van der Waals surface area contributed by atoms with Gasteiger partial charge in [-0.05, 0) is 73.4 Å². The van der Waals surface area contributed by atoms with Crippen LogP contribution in [0, 0.1) is 6.92 Å². The maximum absolute atomic E-state index is 13.3. The fraction of sp³-hybridized carbons (Fsp3) is 0.357. The Hall–Kier alpha value is -3.07. The van der Waals surface area contributed by atoms with Gasteiger partial charge in [0.05, 0.1) is 32.3 Å². The van der Waals surface area contributed by atoms with Gasteiger partial charge in [-0.15, -0.1) is 0 Å². The maximum atomic E-state index is 13.3. The Morgan fingerprint density at radius 3 is 2.19 bits per heavy atom. The zero-order valence-corrected chi connectivity index (χ0v) is 22.3. The predicted molar refractivity (Wildman–Crippen MR) is 140 cm³/mol. The highest BCUT2D eigenvalue weighted by atomic mass is 32.2. The Morgan fingerprint density at radius 2 is 1.58 bits per heavy atom. The van der Waals surface area contributed by atoms with Crippen molar-refractivity contribution in [2.45, 2.75) is 43.8 Å². The number of ether oxygens (including phenoxy) is 3. The van der Waals surface area contributed by atoms with E-state index in [1.807, 2.05) is 19.1 Å². The molecule has 0 aromatic heterocycles. The number of nitrogens with zero attached hydrogens (tertiary/aromatic N) is 1. The molecule has 0 fully saturated rings. The molecule has 0 spiro atoms. The number of rotatable bonds is 9. The third-order valence-electron chi connectivity index (χ3n) is 6.72. The molecule has 192 valence electrons. The average Bonchev–Trinajstić information content (AvgIpc) is 2.88. The number of methoxy groups -OCH3 is 3. The van der Waals surface area contributed by atoms with Crippen molar-refractivity contribution in [1.29, 1.82) is 0 Å². The van der Waals surface area contributed by atoms with Crippen LogP contribution >= 0.6 is 0 Å². The van der Waals surface area contributed by atoms with E-state index in [1.165, 1.54) is 11.1 Å². The Kier molecular flexibility index (Phi) is 7.88. The van der Waals surface area contributed by atoms with Crippen LogP contribution in [0.15, 0.2) is 65.6 Å². The normalized spacial score (nSPS) is 16.8. The van der Waals surface area contributed by atoms with Crippen molar-refractivity contribution in [2.75, 3.05) is 27.9 Å². The Balaban J connectivity index is 1.70. The van der Waals surface area contributed by atoms with Crippen LogP contribution in [0.1, 0.15) is 35.2 Å². The standard InChI is InChI=1S/C28H34N2O5S/c1-19-6-8-21(9-7-19)18-30-15-14-22-16-26(34-4)27(35-5)17-25(22)28(30)20(2)29-36(31,32)24-12-10-23(33-3)11-13-24/h6-13,16-17,20,28-29H,14-15,18H2,1-5H3. The molecule has 4 rings (SSSR count). The number of sulfonamides is 1. The van der Waals surface area contributed by atoms with Gasteiger partial charge in [0.1, 0.15) is 5.75 Å². The number of fused-ring (bicyclic) bond motifs is 1. The van der Waals surface area contributed by atoms with Crippen molar-refractivity contribution in [1.82, 2.24) is 9.62 Å². The second-order valence-electron chi connectivity index (χ2n) is 9.14. The summed E-state index contributed by atoms with van der Waals surface area (Å²) in [4.78, 5) is 2.53. The Bertz CT molecular complexity index is 1290. The topological polar surface area (TPSA) is 77.1 Å². The SMILES string of the molecule is COc1ccc(S(=O)(=O)NC(C)C2c3cc(OC)c(OC)cc3CCN2Cc2ccc(C)cc2)cc1. The van der Waals surface area contributed by atoms with Crippen molar-refractivity contribution in [2.24, 2.45) is 0 Å². The molecule has 1 aliphatic heterocycles. The fourth-order valence-corrected chi connectivity index (χ4v) is 6.10. The zero-order valence-electron chi connectivity index (χ0n) is 21.4. The van der Waals surface area contributed by atoms with Gasteiger partial charge in [0.25, 0.3) is 0 Å². The van der Waals surface area contributed by atoms with E-state index in [-0.39, 0.29) is 10.9 Å². The lowest BCUT2D eigenvalue weighted by molar-refractivity contribution is 0.150. The van der Waals surface area contributed by atoms with Gasteiger partial charge in [-0.2, -0.15) is 0 Å².